The van der Waals surface area contributed by atoms with Gasteiger partial charge in [-0.3, -0.25) is 4.79 Å². The number of hydrogen-bond acceptors (Lipinski definition) is 3. The molecule has 3 nitrogen and oxygen atoms in total. The Kier molecular flexibility index (Phi) is 3.49. The van der Waals surface area contributed by atoms with E-state index in [-0.39, 0.29) is 12.2 Å². The molecule has 2 unspecified atom stereocenters. The van der Waals surface area contributed by atoms with Crippen molar-refractivity contribution < 1.29 is 27.4 Å². The lowest BCUT2D eigenvalue weighted by Crippen LogP contribution is -2.50. The average Bonchev–Trinajstić information content (AvgIpc) is 2.01. The van der Waals surface area contributed by atoms with Crippen LogP contribution in [0.2, 0.25) is 0 Å². The van der Waals surface area contributed by atoms with Gasteiger partial charge in [0.25, 0.3) is 0 Å². The van der Waals surface area contributed by atoms with Crippen LogP contribution in [0.15, 0.2) is 0 Å². The molecule has 6 heteroatoms. The van der Waals surface area contributed by atoms with Crippen molar-refractivity contribution in [1.82, 2.24) is 0 Å². The van der Waals surface area contributed by atoms with Crippen LogP contribution in [0, 0.1) is 0 Å². The van der Waals surface area contributed by atoms with E-state index in [9.17, 15) is 18.0 Å². The summed E-state index contributed by atoms with van der Waals surface area (Å²) in [4.78, 5) is 10.8. The standard InChI is InChI=1S/C8H11F3O3/c1-13-7-5(12)4-6(7)14-3-2-8(9,10)11/h6-7H,2-4H2,1H3. The molecule has 0 aromatic carbocycles. The number of hydrogen-bond donors (Lipinski definition) is 0. The Labute approximate surface area is 79.2 Å². The lowest BCUT2D eigenvalue weighted by molar-refractivity contribution is -0.174. The van der Waals surface area contributed by atoms with Crippen molar-refractivity contribution in [3.05, 3.63) is 0 Å². The van der Waals surface area contributed by atoms with Crippen LogP contribution in [0.3, 0.4) is 0 Å². The van der Waals surface area contributed by atoms with Crippen LogP contribution in [0.5, 0.6) is 0 Å². The topological polar surface area (TPSA) is 35.5 Å². The van der Waals surface area contributed by atoms with Gasteiger partial charge in [-0.25, -0.2) is 0 Å². The number of alkyl halides is 3. The van der Waals surface area contributed by atoms with Gasteiger partial charge in [-0.2, -0.15) is 13.2 Å². The molecule has 0 heterocycles. The summed E-state index contributed by atoms with van der Waals surface area (Å²) in [6.07, 6.45) is -6.24. The molecule has 0 spiro atoms. The first-order chi connectivity index (χ1) is 6.44. The highest BCUT2D eigenvalue weighted by molar-refractivity contribution is 5.90. The van der Waals surface area contributed by atoms with Gasteiger partial charge in [0.1, 0.15) is 6.10 Å². The van der Waals surface area contributed by atoms with Gasteiger partial charge >= 0.3 is 6.18 Å². The number of ether oxygens (including phenoxy) is 2. The van der Waals surface area contributed by atoms with E-state index < -0.39 is 31.4 Å². The lowest BCUT2D eigenvalue weighted by Gasteiger charge is -2.33. The van der Waals surface area contributed by atoms with E-state index in [4.69, 9.17) is 9.47 Å². The van der Waals surface area contributed by atoms with Crippen LogP contribution >= 0.6 is 0 Å². The van der Waals surface area contributed by atoms with Crippen molar-refractivity contribution >= 4 is 5.78 Å². The minimum Gasteiger partial charge on any atom is -0.374 e. The van der Waals surface area contributed by atoms with Crippen LogP contribution in [0.1, 0.15) is 12.8 Å². The fraction of sp³-hybridized carbons (Fsp3) is 0.875. The first kappa shape index (κ1) is 11.5. The first-order valence-corrected chi connectivity index (χ1v) is 4.18. The summed E-state index contributed by atoms with van der Waals surface area (Å²) in [5, 5.41) is 0. The smallest absolute Gasteiger partial charge is 0.374 e. The minimum absolute atomic E-state index is 0.121. The van der Waals surface area contributed by atoms with Crippen LogP contribution in [0.4, 0.5) is 13.2 Å². The molecular weight excluding hydrogens is 201 g/mol. The van der Waals surface area contributed by atoms with Gasteiger partial charge in [-0.05, 0) is 0 Å². The monoisotopic (exact) mass is 212 g/mol. The molecule has 0 N–H and O–H groups in total. The second kappa shape index (κ2) is 4.27. The van der Waals surface area contributed by atoms with Gasteiger partial charge in [0, 0.05) is 13.5 Å². The number of methoxy groups -OCH3 is 1. The Bertz CT molecular complexity index is 214. The maximum Gasteiger partial charge on any atom is 0.391 e. The summed E-state index contributed by atoms with van der Waals surface area (Å²) >= 11 is 0. The highest BCUT2D eigenvalue weighted by Crippen LogP contribution is 2.24. The fourth-order valence-electron chi connectivity index (χ4n) is 1.22. The van der Waals surface area contributed by atoms with Crippen molar-refractivity contribution in [2.75, 3.05) is 13.7 Å². The van der Waals surface area contributed by atoms with Gasteiger partial charge in [0.15, 0.2) is 5.78 Å². The number of rotatable bonds is 4. The maximum atomic E-state index is 11.7. The lowest BCUT2D eigenvalue weighted by atomic mass is 9.90. The van der Waals surface area contributed by atoms with Gasteiger partial charge in [-0.1, -0.05) is 0 Å². The highest BCUT2D eigenvalue weighted by atomic mass is 19.4. The number of carbonyl (C=O) groups is 1. The molecule has 0 radical (unpaired) electrons. The molecular formula is C8H11F3O3. The van der Waals surface area contributed by atoms with E-state index in [0.717, 1.165) is 0 Å². The zero-order chi connectivity index (χ0) is 10.8. The number of carbonyl (C=O) groups excluding carboxylic acids is 1. The normalized spacial score (nSPS) is 27.6. The molecule has 0 bridgehead atoms. The quantitative estimate of drug-likeness (QED) is 0.704. The molecule has 0 aliphatic heterocycles. The molecule has 0 aromatic rings. The zero-order valence-electron chi connectivity index (χ0n) is 7.63. The van der Waals surface area contributed by atoms with Gasteiger partial charge in [-0.15, -0.1) is 0 Å². The van der Waals surface area contributed by atoms with Crippen molar-refractivity contribution in [1.29, 1.82) is 0 Å². The summed E-state index contributed by atoms with van der Waals surface area (Å²) in [7, 11) is 1.34. The molecule has 82 valence electrons. The summed E-state index contributed by atoms with van der Waals surface area (Å²) in [5.41, 5.74) is 0. The molecule has 1 rings (SSSR count). The molecule has 2 atom stereocenters. The predicted octanol–water partition coefficient (Wildman–Crippen LogP) is 1.31. The van der Waals surface area contributed by atoms with E-state index in [1.807, 2.05) is 0 Å². The molecule has 0 saturated heterocycles. The summed E-state index contributed by atoms with van der Waals surface area (Å²) < 4.78 is 44.7. The molecule has 1 saturated carbocycles. The van der Waals surface area contributed by atoms with Crippen molar-refractivity contribution in [3.63, 3.8) is 0 Å². The molecule has 1 aliphatic rings. The average molecular weight is 212 g/mol. The molecule has 14 heavy (non-hydrogen) atoms. The predicted molar refractivity (Wildman–Crippen MR) is 40.8 cm³/mol. The van der Waals surface area contributed by atoms with Crippen molar-refractivity contribution in [2.24, 2.45) is 0 Å². The van der Waals surface area contributed by atoms with Gasteiger partial charge < -0.3 is 9.47 Å². The fourth-order valence-corrected chi connectivity index (χ4v) is 1.22. The first-order valence-electron chi connectivity index (χ1n) is 4.18. The van der Waals surface area contributed by atoms with Crippen LogP contribution in [-0.2, 0) is 14.3 Å². The van der Waals surface area contributed by atoms with Crippen LogP contribution < -0.4 is 0 Å². The largest absolute Gasteiger partial charge is 0.391 e. The zero-order valence-corrected chi connectivity index (χ0v) is 7.63. The molecule has 0 amide bonds. The molecule has 1 fully saturated rings. The van der Waals surface area contributed by atoms with E-state index in [0.29, 0.717) is 0 Å². The Morgan fingerprint density at radius 2 is 2.14 bits per heavy atom. The Morgan fingerprint density at radius 3 is 2.57 bits per heavy atom. The second-order valence-corrected chi connectivity index (χ2v) is 3.10. The van der Waals surface area contributed by atoms with E-state index >= 15 is 0 Å². The van der Waals surface area contributed by atoms with Gasteiger partial charge in [0.05, 0.1) is 19.1 Å². The Morgan fingerprint density at radius 1 is 1.50 bits per heavy atom. The second-order valence-electron chi connectivity index (χ2n) is 3.10. The number of Topliss-reactive ketones (excluding diaryl/α,β-unsaturated/α-hetero) is 1. The number of ketones is 1. The summed E-state index contributed by atoms with van der Waals surface area (Å²) in [6.45, 7) is -0.415. The van der Waals surface area contributed by atoms with Crippen LogP contribution in [0.25, 0.3) is 0 Å². The summed E-state index contributed by atoms with van der Waals surface area (Å²) in [6, 6.07) is 0. The third-order valence-corrected chi connectivity index (χ3v) is 2.03. The molecule has 1 aliphatic carbocycles. The Balaban J connectivity index is 2.17. The SMILES string of the molecule is COC1C(=O)CC1OCCC(F)(F)F. The molecule has 0 aromatic heterocycles. The van der Waals surface area contributed by atoms with E-state index in [1.54, 1.807) is 0 Å². The minimum atomic E-state index is -4.21. The van der Waals surface area contributed by atoms with Crippen molar-refractivity contribution in [2.45, 2.75) is 31.2 Å². The maximum absolute atomic E-state index is 11.7. The third-order valence-electron chi connectivity index (χ3n) is 2.03. The van der Waals surface area contributed by atoms with Crippen molar-refractivity contribution in [3.8, 4) is 0 Å². The van der Waals surface area contributed by atoms with E-state index in [1.165, 1.54) is 7.11 Å². The third kappa shape index (κ3) is 2.95. The van der Waals surface area contributed by atoms with Gasteiger partial charge in [0.2, 0.25) is 0 Å². The van der Waals surface area contributed by atoms with E-state index in [2.05, 4.69) is 0 Å². The summed E-state index contributed by atoms with van der Waals surface area (Å²) in [5.74, 6) is -0.121. The Hall–Kier alpha value is -0.620. The van der Waals surface area contributed by atoms with Crippen LogP contribution in [-0.4, -0.2) is 37.9 Å². The highest BCUT2D eigenvalue weighted by Gasteiger charge is 2.41. The number of halogens is 3.